The van der Waals surface area contributed by atoms with E-state index in [1.54, 1.807) is 0 Å². The van der Waals surface area contributed by atoms with Crippen molar-refractivity contribution in [3.05, 3.63) is 35.9 Å². The number of likely N-dealkylation sites (tertiary alicyclic amines) is 1. The standard InChI is InChI=1S/C19H28N2O2/c1-3-23-18-13-17(18)19(22)20-16-9-11-21(12-10-16)14(2)15-7-5-4-6-8-15/h4-8,14,16-18H,3,9-13H2,1-2H3,(H,20,22)/t14-,17-,18+/m0/s1. The molecule has 2 aliphatic rings. The van der Waals surface area contributed by atoms with Gasteiger partial charge in [0.25, 0.3) is 0 Å². The highest BCUT2D eigenvalue weighted by Crippen LogP contribution is 2.34. The Kier molecular flexibility index (Phi) is 5.34. The van der Waals surface area contributed by atoms with Crippen LogP contribution >= 0.6 is 0 Å². The van der Waals surface area contributed by atoms with Crippen molar-refractivity contribution in [2.75, 3.05) is 19.7 Å². The van der Waals surface area contributed by atoms with Crippen molar-refractivity contribution in [3.63, 3.8) is 0 Å². The zero-order valence-corrected chi connectivity index (χ0v) is 14.2. The van der Waals surface area contributed by atoms with Crippen molar-refractivity contribution < 1.29 is 9.53 Å². The van der Waals surface area contributed by atoms with Crippen molar-refractivity contribution in [2.24, 2.45) is 5.92 Å². The van der Waals surface area contributed by atoms with Crippen LogP contribution in [0, 0.1) is 5.92 Å². The first kappa shape index (κ1) is 16.5. The molecule has 23 heavy (non-hydrogen) atoms. The van der Waals surface area contributed by atoms with E-state index in [9.17, 15) is 4.79 Å². The summed E-state index contributed by atoms with van der Waals surface area (Å²) in [7, 11) is 0. The number of hydrogen-bond donors (Lipinski definition) is 1. The Balaban J connectivity index is 1.43. The van der Waals surface area contributed by atoms with E-state index < -0.39 is 0 Å². The Hall–Kier alpha value is -1.39. The number of ether oxygens (including phenoxy) is 1. The van der Waals surface area contributed by atoms with Crippen molar-refractivity contribution in [3.8, 4) is 0 Å². The van der Waals surface area contributed by atoms with Gasteiger partial charge in [0, 0.05) is 31.8 Å². The van der Waals surface area contributed by atoms with Crippen LogP contribution in [0.15, 0.2) is 30.3 Å². The lowest BCUT2D eigenvalue weighted by Crippen LogP contribution is -2.45. The first-order valence-electron chi connectivity index (χ1n) is 8.90. The minimum absolute atomic E-state index is 0.0937. The predicted molar refractivity (Wildman–Crippen MR) is 91.1 cm³/mol. The quantitative estimate of drug-likeness (QED) is 0.877. The molecule has 1 amide bonds. The number of nitrogens with one attached hydrogen (secondary N) is 1. The van der Waals surface area contributed by atoms with Crippen molar-refractivity contribution in [1.82, 2.24) is 10.2 Å². The maximum atomic E-state index is 12.2. The predicted octanol–water partition coefficient (Wildman–Crippen LogP) is 2.75. The lowest BCUT2D eigenvalue weighted by atomic mass is 10.00. The molecule has 1 heterocycles. The number of nitrogens with zero attached hydrogens (tertiary/aromatic N) is 1. The van der Waals surface area contributed by atoms with Crippen LogP contribution in [0.2, 0.25) is 0 Å². The Bertz CT molecular complexity index is 511. The molecule has 4 nitrogen and oxygen atoms in total. The fraction of sp³-hybridized carbons (Fsp3) is 0.632. The van der Waals surface area contributed by atoms with Crippen LogP contribution in [0.25, 0.3) is 0 Å². The Morgan fingerprint density at radius 2 is 2.00 bits per heavy atom. The molecule has 0 radical (unpaired) electrons. The molecule has 0 bridgehead atoms. The fourth-order valence-corrected chi connectivity index (χ4v) is 3.53. The molecule has 1 aromatic rings. The zero-order valence-electron chi connectivity index (χ0n) is 14.2. The molecule has 2 fully saturated rings. The summed E-state index contributed by atoms with van der Waals surface area (Å²) in [4.78, 5) is 14.7. The Morgan fingerprint density at radius 1 is 1.30 bits per heavy atom. The van der Waals surface area contributed by atoms with Gasteiger partial charge in [-0.1, -0.05) is 30.3 Å². The largest absolute Gasteiger partial charge is 0.378 e. The molecule has 1 aromatic carbocycles. The van der Waals surface area contributed by atoms with Crippen LogP contribution in [-0.2, 0) is 9.53 Å². The molecular formula is C19H28N2O2. The highest BCUT2D eigenvalue weighted by molar-refractivity contribution is 5.82. The van der Waals surface area contributed by atoms with Gasteiger partial charge in [-0.05, 0) is 38.7 Å². The molecular weight excluding hydrogens is 288 g/mol. The number of carbonyl (C=O) groups is 1. The molecule has 4 heteroatoms. The number of benzene rings is 1. The molecule has 1 N–H and O–H groups in total. The third-order valence-electron chi connectivity index (χ3n) is 5.16. The highest BCUT2D eigenvalue weighted by Gasteiger charge is 2.44. The third-order valence-corrected chi connectivity index (χ3v) is 5.16. The zero-order chi connectivity index (χ0) is 16.2. The van der Waals surface area contributed by atoms with Gasteiger partial charge in [0.15, 0.2) is 0 Å². The summed E-state index contributed by atoms with van der Waals surface area (Å²) in [5.41, 5.74) is 1.37. The minimum atomic E-state index is 0.0937. The van der Waals surface area contributed by atoms with Gasteiger partial charge in [0.1, 0.15) is 0 Å². The number of amides is 1. The van der Waals surface area contributed by atoms with Crippen molar-refractivity contribution in [2.45, 2.75) is 51.3 Å². The minimum Gasteiger partial charge on any atom is -0.378 e. The Morgan fingerprint density at radius 3 is 2.65 bits per heavy atom. The van der Waals surface area contributed by atoms with E-state index in [4.69, 9.17) is 4.74 Å². The average molecular weight is 316 g/mol. The second kappa shape index (κ2) is 7.45. The number of rotatable bonds is 6. The topological polar surface area (TPSA) is 41.6 Å². The lowest BCUT2D eigenvalue weighted by molar-refractivity contribution is -0.124. The summed E-state index contributed by atoms with van der Waals surface area (Å²) < 4.78 is 5.50. The van der Waals surface area contributed by atoms with E-state index >= 15 is 0 Å². The van der Waals surface area contributed by atoms with E-state index in [2.05, 4.69) is 47.5 Å². The molecule has 0 unspecified atom stereocenters. The third kappa shape index (κ3) is 4.12. The van der Waals surface area contributed by atoms with Gasteiger partial charge < -0.3 is 10.1 Å². The summed E-state index contributed by atoms with van der Waals surface area (Å²) in [6.07, 6.45) is 3.13. The van der Waals surface area contributed by atoms with Crippen LogP contribution in [0.4, 0.5) is 0 Å². The van der Waals surface area contributed by atoms with Crippen LogP contribution < -0.4 is 5.32 Å². The summed E-state index contributed by atoms with van der Waals surface area (Å²) in [6, 6.07) is 11.4. The van der Waals surface area contributed by atoms with Crippen LogP contribution in [0.1, 0.15) is 44.7 Å². The number of hydrogen-bond acceptors (Lipinski definition) is 3. The second-order valence-corrected chi connectivity index (χ2v) is 6.74. The van der Waals surface area contributed by atoms with Crippen molar-refractivity contribution >= 4 is 5.91 Å². The van der Waals surface area contributed by atoms with Crippen LogP contribution in [0.5, 0.6) is 0 Å². The van der Waals surface area contributed by atoms with Gasteiger partial charge in [0.2, 0.25) is 5.91 Å². The van der Waals surface area contributed by atoms with Crippen LogP contribution in [-0.4, -0.2) is 42.6 Å². The molecule has 3 rings (SSSR count). The second-order valence-electron chi connectivity index (χ2n) is 6.74. The van der Waals surface area contributed by atoms with Gasteiger partial charge >= 0.3 is 0 Å². The highest BCUT2D eigenvalue weighted by atomic mass is 16.5. The number of piperidine rings is 1. The maximum Gasteiger partial charge on any atom is 0.226 e. The molecule has 1 saturated carbocycles. The first-order valence-corrected chi connectivity index (χ1v) is 8.90. The van der Waals surface area contributed by atoms with E-state index in [1.165, 1.54) is 5.56 Å². The maximum absolute atomic E-state index is 12.2. The fourth-order valence-electron chi connectivity index (χ4n) is 3.53. The Labute approximate surface area is 139 Å². The lowest BCUT2D eigenvalue weighted by Gasteiger charge is -2.36. The van der Waals surface area contributed by atoms with E-state index in [-0.39, 0.29) is 17.9 Å². The summed E-state index contributed by atoms with van der Waals surface area (Å²) in [6.45, 7) is 7.04. The van der Waals surface area contributed by atoms with Crippen molar-refractivity contribution in [1.29, 1.82) is 0 Å². The summed E-state index contributed by atoms with van der Waals surface area (Å²) in [5.74, 6) is 0.286. The molecule has 1 aliphatic heterocycles. The van der Waals surface area contributed by atoms with Gasteiger partial charge in [-0.2, -0.15) is 0 Å². The SMILES string of the molecule is CCO[C@@H]1C[C@@H]1C(=O)NC1CCN([C@@H](C)c2ccccc2)CC1. The molecule has 3 atom stereocenters. The van der Waals surface area contributed by atoms with E-state index in [0.717, 1.165) is 32.4 Å². The van der Waals surface area contributed by atoms with Gasteiger partial charge in [-0.25, -0.2) is 0 Å². The monoisotopic (exact) mass is 316 g/mol. The van der Waals surface area contributed by atoms with Gasteiger partial charge in [-0.3, -0.25) is 9.69 Å². The molecule has 0 aromatic heterocycles. The normalized spacial score (nSPS) is 26.7. The van der Waals surface area contributed by atoms with Gasteiger partial charge in [-0.15, -0.1) is 0 Å². The van der Waals surface area contributed by atoms with Gasteiger partial charge in [0.05, 0.1) is 12.0 Å². The smallest absolute Gasteiger partial charge is 0.226 e. The summed E-state index contributed by atoms with van der Waals surface area (Å²) >= 11 is 0. The van der Waals surface area contributed by atoms with E-state index in [1.807, 2.05) is 6.92 Å². The van der Waals surface area contributed by atoms with E-state index in [0.29, 0.717) is 18.7 Å². The molecule has 126 valence electrons. The molecule has 1 aliphatic carbocycles. The van der Waals surface area contributed by atoms with Crippen LogP contribution in [0.3, 0.4) is 0 Å². The molecule has 0 spiro atoms. The first-order chi connectivity index (χ1) is 11.2. The number of carbonyl (C=O) groups excluding carboxylic acids is 1. The summed E-state index contributed by atoms with van der Waals surface area (Å²) in [5, 5.41) is 3.22. The average Bonchev–Trinajstić information content (AvgIpc) is 3.35. The molecule has 1 saturated heterocycles.